The van der Waals surface area contributed by atoms with Crippen LogP contribution in [-0.2, 0) is 0 Å². The third-order valence-electron chi connectivity index (χ3n) is 4.14. The second-order valence-electron chi connectivity index (χ2n) is 6.27. The zero-order valence-corrected chi connectivity index (χ0v) is 16.1. The van der Waals surface area contributed by atoms with E-state index in [0.717, 1.165) is 5.56 Å². The molecule has 0 unspecified atom stereocenters. The Balaban J connectivity index is 2.01. The molecule has 0 amide bonds. The number of nitrogens with one attached hydrogen (secondary N) is 2. The topological polar surface area (TPSA) is 119 Å². The van der Waals surface area contributed by atoms with Crippen molar-refractivity contribution in [2.24, 2.45) is 0 Å². The van der Waals surface area contributed by atoms with Crippen LogP contribution < -0.4 is 15.4 Å². The Hall–Kier alpha value is -4.01. The van der Waals surface area contributed by atoms with Crippen LogP contribution in [0.25, 0.3) is 0 Å². The van der Waals surface area contributed by atoms with Crippen LogP contribution in [0.15, 0.2) is 48.8 Å². The van der Waals surface area contributed by atoms with Gasteiger partial charge in [0.2, 0.25) is 11.6 Å². The molecule has 1 heterocycles. The number of nitro groups is 1. The minimum atomic E-state index is -0.568. The van der Waals surface area contributed by atoms with Crippen molar-refractivity contribution in [3.8, 4) is 5.75 Å². The lowest BCUT2D eigenvalue weighted by Crippen LogP contribution is -2.06. The highest BCUT2D eigenvalue weighted by atomic mass is 16.6. The van der Waals surface area contributed by atoms with Gasteiger partial charge in [0, 0.05) is 11.3 Å². The molecule has 0 spiro atoms. The highest BCUT2D eigenvalue weighted by Crippen LogP contribution is 2.35. The summed E-state index contributed by atoms with van der Waals surface area (Å²) in [5, 5.41) is 17.6. The number of nitrogens with zero attached hydrogens (tertiary/aromatic N) is 3. The summed E-state index contributed by atoms with van der Waals surface area (Å²) < 4.78 is 5.31. The van der Waals surface area contributed by atoms with E-state index in [0.29, 0.717) is 22.7 Å². The molecule has 3 aromatic rings. The number of aromatic nitrogens is 2. The summed E-state index contributed by atoms with van der Waals surface area (Å²) in [5.74, 6) is 0.422. The third-order valence-corrected chi connectivity index (χ3v) is 4.14. The highest BCUT2D eigenvalue weighted by Gasteiger charge is 2.24. The van der Waals surface area contributed by atoms with Crippen LogP contribution in [-0.4, -0.2) is 27.8 Å². The van der Waals surface area contributed by atoms with Gasteiger partial charge in [-0.1, -0.05) is 18.2 Å². The Kier molecular flexibility index (Phi) is 5.68. The number of benzene rings is 2. The molecule has 0 saturated carbocycles. The van der Waals surface area contributed by atoms with Crippen molar-refractivity contribution in [3.05, 3.63) is 70.0 Å². The number of anilines is 4. The van der Waals surface area contributed by atoms with E-state index in [2.05, 4.69) is 20.6 Å². The minimum Gasteiger partial charge on any atom is -0.495 e. The maximum atomic E-state index is 11.8. The van der Waals surface area contributed by atoms with Gasteiger partial charge in [0.05, 0.1) is 17.7 Å². The van der Waals surface area contributed by atoms with Crippen molar-refractivity contribution < 1.29 is 14.5 Å². The van der Waals surface area contributed by atoms with Gasteiger partial charge >= 0.3 is 5.69 Å². The maximum Gasteiger partial charge on any atom is 0.353 e. The van der Waals surface area contributed by atoms with Gasteiger partial charge in [0.15, 0.2) is 5.78 Å². The fourth-order valence-electron chi connectivity index (χ4n) is 2.73. The normalized spacial score (nSPS) is 10.3. The van der Waals surface area contributed by atoms with Crippen LogP contribution in [0.4, 0.5) is 28.7 Å². The quantitative estimate of drug-likeness (QED) is 0.344. The summed E-state index contributed by atoms with van der Waals surface area (Å²) in [4.78, 5) is 30.8. The Labute approximate surface area is 166 Å². The van der Waals surface area contributed by atoms with Gasteiger partial charge in [-0.2, -0.15) is 0 Å². The van der Waals surface area contributed by atoms with E-state index in [1.807, 2.05) is 13.0 Å². The summed E-state index contributed by atoms with van der Waals surface area (Å²) in [6, 6.07) is 12.1. The largest absolute Gasteiger partial charge is 0.495 e. The number of ether oxygens (including phenoxy) is 1. The maximum absolute atomic E-state index is 11.8. The van der Waals surface area contributed by atoms with E-state index in [-0.39, 0.29) is 23.1 Å². The van der Waals surface area contributed by atoms with Crippen molar-refractivity contribution in [2.45, 2.75) is 13.8 Å². The average Bonchev–Trinajstić information content (AvgIpc) is 2.68. The molecule has 0 bridgehead atoms. The first-order valence-corrected chi connectivity index (χ1v) is 8.68. The summed E-state index contributed by atoms with van der Waals surface area (Å²) in [6.45, 7) is 3.34. The molecule has 0 aliphatic heterocycles. The first kappa shape index (κ1) is 19.7. The van der Waals surface area contributed by atoms with Crippen molar-refractivity contribution in [2.75, 3.05) is 17.7 Å². The molecule has 1 aromatic heterocycles. The average molecular weight is 393 g/mol. The molecular formula is C20H19N5O4. The molecule has 9 nitrogen and oxygen atoms in total. The zero-order chi connectivity index (χ0) is 21.0. The number of methoxy groups -OCH3 is 1. The molecule has 0 radical (unpaired) electrons. The number of Topliss-reactive ketones (excluding diaryl/α,β-unsaturated/α-hetero) is 1. The van der Waals surface area contributed by atoms with E-state index < -0.39 is 4.92 Å². The number of carbonyl (C=O) groups excluding carboxylic acids is 1. The lowest BCUT2D eigenvalue weighted by atomic mass is 10.1. The summed E-state index contributed by atoms with van der Waals surface area (Å²) in [6.07, 6.45) is 1.22. The van der Waals surface area contributed by atoms with Crippen LogP contribution in [0, 0.1) is 17.0 Å². The Morgan fingerprint density at radius 3 is 2.48 bits per heavy atom. The van der Waals surface area contributed by atoms with E-state index in [9.17, 15) is 14.9 Å². The number of carbonyl (C=O) groups is 1. The molecule has 9 heteroatoms. The summed E-state index contributed by atoms with van der Waals surface area (Å²) in [5.41, 5.74) is 2.14. The lowest BCUT2D eigenvalue weighted by molar-refractivity contribution is -0.383. The molecule has 3 rings (SSSR count). The predicted octanol–water partition coefficient (Wildman–Crippen LogP) is 4.39. The third kappa shape index (κ3) is 4.46. The molecule has 148 valence electrons. The monoisotopic (exact) mass is 393 g/mol. The van der Waals surface area contributed by atoms with Gasteiger partial charge in [-0.3, -0.25) is 14.9 Å². The van der Waals surface area contributed by atoms with Crippen molar-refractivity contribution in [3.63, 3.8) is 0 Å². The molecular weight excluding hydrogens is 374 g/mol. The molecule has 0 fully saturated rings. The molecule has 2 aromatic carbocycles. The Morgan fingerprint density at radius 2 is 1.83 bits per heavy atom. The second-order valence-corrected chi connectivity index (χ2v) is 6.27. The number of hydrogen-bond donors (Lipinski definition) is 2. The van der Waals surface area contributed by atoms with Crippen LogP contribution in [0.1, 0.15) is 22.8 Å². The van der Waals surface area contributed by atoms with Gasteiger partial charge in [-0.15, -0.1) is 0 Å². The van der Waals surface area contributed by atoms with Crippen molar-refractivity contribution >= 4 is 34.5 Å². The summed E-state index contributed by atoms with van der Waals surface area (Å²) >= 11 is 0. The van der Waals surface area contributed by atoms with Crippen LogP contribution in [0.3, 0.4) is 0 Å². The number of rotatable bonds is 7. The highest BCUT2D eigenvalue weighted by molar-refractivity contribution is 5.95. The number of hydrogen-bond acceptors (Lipinski definition) is 8. The fraction of sp³-hybridized carbons (Fsp3) is 0.150. The second kappa shape index (κ2) is 8.34. The van der Waals surface area contributed by atoms with E-state index in [1.54, 1.807) is 36.4 Å². The van der Waals surface area contributed by atoms with Crippen LogP contribution >= 0.6 is 0 Å². The molecule has 0 aliphatic carbocycles. The number of aryl methyl sites for hydroxylation is 1. The van der Waals surface area contributed by atoms with Crippen LogP contribution in [0.5, 0.6) is 5.75 Å². The van der Waals surface area contributed by atoms with Crippen LogP contribution in [0.2, 0.25) is 0 Å². The molecule has 29 heavy (non-hydrogen) atoms. The predicted molar refractivity (Wildman–Crippen MR) is 109 cm³/mol. The SMILES string of the molecule is COc1ccc(C)cc1Nc1ncnc(Nc2cccc(C(C)=O)c2)c1[N+](=O)[O-]. The van der Waals surface area contributed by atoms with Gasteiger partial charge in [0.1, 0.15) is 12.1 Å². The zero-order valence-electron chi connectivity index (χ0n) is 16.1. The van der Waals surface area contributed by atoms with Gasteiger partial charge < -0.3 is 15.4 Å². The molecule has 0 aliphatic rings. The Morgan fingerprint density at radius 1 is 1.10 bits per heavy atom. The minimum absolute atomic E-state index is 0.000165. The smallest absolute Gasteiger partial charge is 0.353 e. The molecule has 0 saturated heterocycles. The van der Waals surface area contributed by atoms with Gasteiger partial charge in [-0.05, 0) is 43.7 Å². The standard InChI is InChI=1S/C20H19N5O4/c1-12-7-8-17(29-3)16(9-12)24-20-18(25(27)28)19(21-11-22-20)23-15-6-4-5-14(10-15)13(2)26/h4-11H,1-3H3,(H2,21,22,23,24). The first-order valence-electron chi connectivity index (χ1n) is 8.68. The summed E-state index contributed by atoms with van der Waals surface area (Å²) in [7, 11) is 1.51. The van der Waals surface area contributed by atoms with E-state index in [4.69, 9.17) is 4.74 Å². The molecule has 0 atom stereocenters. The van der Waals surface area contributed by atoms with Crippen molar-refractivity contribution in [1.82, 2.24) is 9.97 Å². The number of ketones is 1. The molecule has 2 N–H and O–H groups in total. The first-order chi connectivity index (χ1) is 13.9. The van der Waals surface area contributed by atoms with Gasteiger partial charge in [-0.25, -0.2) is 9.97 Å². The van der Waals surface area contributed by atoms with E-state index >= 15 is 0 Å². The lowest BCUT2D eigenvalue weighted by Gasteiger charge is -2.13. The Bertz CT molecular complexity index is 1080. The fourth-order valence-corrected chi connectivity index (χ4v) is 2.73. The van der Waals surface area contributed by atoms with Crippen molar-refractivity contribution in [1.29, 1.82) is 0 Å². The van der Waals surface area contributed by atoms with E-state index in [1.165, 1.54) is 20.4 Å². The van der Waals surface area contributed by atoms with Gasteiger partial charge in [0.25, 0.3) is 0 Å².